The minimum absolute atomic E-state index is 0.0139. The molecule has 6 nitrogen and oxygen atoms in total. The van der Waals surface area contributed by atoms with Crippen LogP contribution in [0.1, 0.15) is 126 Å². The number of hydrogen-bond donors (Lipinski definition) is 2. The van der Waals surface area contributed by atoms with Gasteiger partial charge in [-0.3, -0.25) is 4.79 Å². The topological polar surface area (TPSA) is 85.2 Å². The molecule has 14 atom stereocenters. The molecule has 0 spiro atoms. The van der Waals surface area contributed by atoms with Crippen molar-refractivity contribution < 1.29 is 29.2 Å². The van der Waals surface area contributed by atoms with Crippen molar-refractivity contribution in [2.75, 3.05) is 6.61 Å². The summed E-state index contributed by atoms with van der Waals surface area (Å²) in [7, 11) is 0. The Morgan fingerprint density at radius 2 is 1.61 bits per heavy atom. The lowest BCUT2D eigenvalue weighted by Gasteiger charge is -2.73. The molecule has 44 heavy (non-hydrogen) atoms. The zero-order valence-electron chi connectivity index (χ0n) is 29.0. The van der Waals surface area contributed by atoms with Crippen LogP contribution in [-0.4, -0.2) is 53.5 Å². The molecule has 5 aliphatic carbocycles. The standard InChI is InChI=1S/C38H62O6/c1-22(2)25-12-17-38(21-42-31-20-27(40)33(41)23(3)43-31)19-18-36(8)26(32(25)38)10-11-29-35(7)15-14-30(44-24(4)39)34(5,6)28(35)13-16-37(29,36)9/h23,25-33,40-41H,1,10-21H2,2-9H3/t23-,25-,26+,27-,28-,29?,30+,31+,32+,33-,35-,36+,37+,38+/m0/s1. The summed E-state index contributed by atoms with van der Waals surface area (Å²) in [6.45, 7) is 23.6. The van der Waals surface area contributed by atoms with E-state index in [1.807, 2.05) is 6.92 Å². The number of ether oxygens (including phenoxy) is 3. The highest BCUT2D eigenvalue weighted by Gasteiger charge is 2.71. The average molecular weight is 615 g/mol. The third kappa shape index (κ3) is 4.72. The van der Waals surface area contributed by atoms with Crippen molar-refractivity contribution in [1.29, 1.82) is 0 Å². The van der Waals surface area contributed by atoms with Gasteiger partial charge in [-0.1, -0.05) is 46.8 Å². The average Bonchev–Trinajstić information content (AvgIpc) is 3.32. The molecule has 5 saturated carbocycles. The largest absolute Gasteiger partial charge is 0.462 e. The maximum Gasteiger partial charge on any atom is 0.302 e. The van der Waals surface area contributed by atoms with Crippen molar-refractivity contribution in [3.8, 4) is 0 Å². The molecule has 0 radical (unpaired) electrons. The summed E-state index contributed by atoms with van der Waals surface area (Å²) in [5.41, 5.74) is 2.19. The van der Waals surface area contributed by atoms with Crippen LogP contribution in [0.2, 0.25) is 0 Å². The van der Waals surface area contributed by atoms with Crippen LogP contribution < -0.4 is 0 Å². The molecule has 0 aromatic heterocycles. The SMILES string of the molecule is C=C(C)[C@@H]1CC[C@]2(CO[C@H]3C[C@H](O)[C@@H](O)[C@H](C)O3)CC[C@]3(C)[C@H](CCC4[C@@]5(C)CC[C@@H](OC(C)=O)C(C)(C)[C@@H]5CC[C@]43C)[C@@H]12. The third-order valence-electron chi connectivity index (χ3n) is 15.7. The van der Waals surface area contributed by atoms with Crippen LogP contribution in [0, 0.1) is 56.7 Å². The minimum Gasteiger partial charge on any atom is -0.462 e. The van der Waals surface area contributed by atoms with Crippen LogP contribution in [0.15, 0.2) is 12.2 Å². The van der Waals surface area contributed by atoms with Gasteiger partial charge < -0.3 is 24.4 Å². The number of fused-ring (bicyclic) bond motifs is 7. The number of esters is 1. The molecule has 1 saturated heterocycles. The number of carbonyl (C=O) groups excluding carboxylic acids is 1. The minimum atomic E-state index is -0.856. The molecule has 250 valence electrons. The Morgan fingerprint density at radius 1 is 0.886 bits per heavy atom. The quantitative estimate of drug-likeness (QED) is 0.247. The summed E-state index contributed by atoms with van der Waals surface area (Å²) in [5, 5.41) is 20.6. The fourth-order valence-electron chi connectivity index (χ4n) is 13.3. The molecule has 1 unspecified atom stereocenters. The summed E-state index contributed by atoms with van der Waals surface area (Å²) >= 11 is 0. The number of aliphatic hydroxyl groups excluding tert-OH is 2. The van der Waals surface area contributed by atoms with Gasteiger partial charge in [-0.25, -0.2) is 0 Å². The van der Waals surface area contributed by atoms with Gasteiger partial charge in [0.05, 0.1) is 18.8 Å². The molecule has 0 bridgehead atoms. The summed E-state index contributed by atoms with van der Waals surface area (Å²) in [6.07, 6.45) is 9.67. The number of hydrogen-bond acceptors (Lipinski definition) is 6. The van der Waals surface area contributed by atoms with Crippen molar-refractivity contribution in [1.82, 2.24) is 0 Å². The maximum absolute atomic E-state index is 12.0. The summed E-state index contributed by atoms with van der Waals surface area (Å²) in [5.74, 6) is 2.79. The van der Waals surface area contributed by atoms with E-state index in [1.165, 1.54) is 56.9 Å². The van der Waals surface area contributed by atoms with Crippen LogP contribution in [0.3, 0.4) is 0 Å². The Bertz CT molecular complexity index is 1120. The highest BCUT2D eigenvalue weighted by molar-refractivity contribution is 5.66. The summed E-state index contributed by atoms with van der Waals surface area (Å²) in [4.78, 5) is 12.0. The number of aliphatic hydroxyl groups is 2. The number of rotatable bonds is 5. The lowest BCUT2D eigenvalue weighted by Crippen LogP contribution is -2.67. The van der Waals surface area contributed by atoms with E-state index in [1.54, 1.807) is 6.92 Å². The lowest BCUT2D eigenvalue weighted by atomic mass is 9.32. The van der Waals surface area contributed by atoms with E-state index >= 15 is 0 Å². The monoisotopic (exact) mass is 614 g/mol. The molecule has 6 rings (SSSR count). The smallest absolute Gasteiger partial charge is 0.302 e. The first-order chi connectivity index (χ1) is 20.5. The zero-order chi connectivity index (χ0) is 32.0. The van der Waals surface area contributed by atoms with Gasteiger partial charge in [-0.05, 0) is 129 Å². The van der Waals surface area contributed by atoms with E-state index < -0.39 is 24.6 Å². The first-order valence-electron chi connectivity index (χ1n) is 18.0. The Morgan fingerprint density at radius 3 is 2.27 bits per heavy atom. The molecule has 0 amide bonds. The van der Waals surface area contributed by atoms with Gasteiger partial charge in [0.2, 0.25) is 0 Å². The molecular formula is C38H62O6. The van der Waals surface area contributed by atoms with Crippen molar-refractivity contribution in [3.63, 3.8) is 0 Å². The van der Waals surface area contributed by atoms with Crippen molar-refractivity contribution in [2.24, 2.45) is 56.7 Å². The van der Waals surface area contributed by atoms with Gasteiger partial charge in [0.15, 0.2) is 6.29 Å². The first kappa shape index (κ1) is 33.0. The Labute approximate surface area is 267 Å². The molecule has 0 aromatic carbocycles. The molecule has 6 fully saturated rings. The van der Waals surface area contributed by atoms with Crippen LogP contribution in [-0.2, 0) is 19.0 Å². The third-order valence-corrected chi connectivity index (χ3v) is 15.7. The fraction of sp³-hybridized carbons (Fsp3) is 0.921. The first-order valence-corrected chi connectivity index (χ1v) is 18.0. The van der Waals surface area contributed by atoms with Gasteiger partial charge in [-0.2, -0.15) is 0 Å². The van der Waals surface area contributed by atoms with E-state index in [0.29, 0.717) is 42.6 Å². The van der Waals surface area contributed by atoms with E-state index in [4.69, 9.17) is 14.2 Å². The van der Waals surface area contributed by atoms with Gasteiger partial charge >= 0.3 is 5.97 Å². The predicted octanol–water partition coefficient (Wildman–Crippen LogP) is 7.45. The maximum atomic E-state index is 12.0. The highest BCUT2D eigenvalue weighted by atomic mass is 16.7. The molecule has 1 heterocycles. The highest BCUT2D eigenvalue weighted by Crippen LogP contribution is 2.77. The summed E-state index contributed by atoms with van der Waals surface area (Å²) < 4.78 is 18.5. The van der Waals surface area contributed by atoms with Crippen molar-refractivity contribution >= 4 is 5.97 Å². The Hall–Kier alpha value is -0.950. The van der Waals surface area contributed by atoms with Gasteiger partial charge in [0, 0.05) is 18.8 Å². The van der Waals surface area contributed by atoms with Crippen molar-refractivity contribution in [2.45, 2.75) is 157 Å². The van der Waals surface area contributed by atoms with Crippen LogP contribution >= 0.6 is 0 Å². The number of allylic oxidation sites excluding steroid dienone is 1. The molecule has 1 aliphatic heterocycles. The van der Waals surface area contributed by atoms with E-state index in [-0.39, 0.29) is 39.1 Å². The van der Waals surface area contributed by atoms with Crippen LogP contribution in [0.25, 0.3) is 0 Å². The molecule has 0 aromatic rings. The molecular weight excluding hydrogens is 552 g/mol. The second-order valence-corrected chi connectivity index (χ2v) is 17.9. The lowest BCUT2D eigenvalue weighted by molar-refractivity contribution is -0.272. The Balaban J connectivity index is 1.28. The van der Waals surface area contributed by atoms with Crippen LogP contribution in [0.4, 0.5) is 0 Å². The van der Waals surface area contributed by atoms with Gasteiger partial charge in [0.25, 0.3) is 0 Å². The second-order valence-electron chi connectivity index (χ2n) is 17.9. The normalized spacial score (nSPS) is 53.0. The molecule has 6 heteroatoms. The predicted molar refractivity (Wildman–Crippen MR) is 171 cm³/mol. The molecule has 6 aliphatic rings. The van der Waals surface area contributed by atoms with Gasteiger partial charge in [-0.15, -0.1) is 0 Å². The van der Waals surface area contributed by atoms with E-state index in [0.717, 1.165) is 12.8 Å². The zero-order valence-corrected chi connectivity index (χ0v) is 29.0. The van der Waals surface area contributed by atoms with Gasteiger partial charge in [0.1, 0.15) is 12.2 Å². The molecule has 2 N–H and O–H groups in total. The van der Waals surface area contributed by atoms with Crippen molar-refractivity contribution in [3.05, 3.63) is 12.2 Å². The summed E-state index contributed by atoms with van der Waals surface area (Å²) in [6, 6.07) is 0. The number of carbonyl (C=O) groups is 1. The second kappa shape index (κ2) is 11.1. The van der Waals surface area contributed by atoms with Crippen LogP contribution in [0.5, 0.6) is 0 Å². The van der Waals surface area contributed by atoms with E-state index in [2.05, 4.69) is 48.1 Å². The fourth-order valence-corrected chi connectivity index (χ4v) is 13.3. The van der Waals surface area contributed by atoms with E-state index in [9.17, 15) is 15.0 Å². The Kier molecular flexibility index (Phi) is 8.29.